The number of hydrogen-bond donors (Lipinski definition) is 0. The summed E-state index contributed by atoms with van der Waals surface area (Å²) in [4.78, 5) is 13.8. The van der Waals surface area contributed by atoms with E-state index in [0.29, 0.717) is 0 Å². The number of hydrogen-bond acceptors (Lipinski definition) is 4. The first-order valence-corrected chi connectivity index (χ1v) is 14.2. The Morgan fingerprint density at radius 3 is 2.22 bits per heavy atom. The van der Waals surface area contributed by atoms with Crippen molar-refractivity contribution in [1.29, 1.82) is 0 Å². The number of benzene rings is 4. The van der Waals surface area contributed by atoms with E-state index in [2.05, 4.69) is 0 Å². The summed E-state index contributed by atoms with van der Waals surface area (Å²) in [5.74, 6) is -2.51. The molecule has 11 heteroatoms. The molecule has 0 unspecified atom stereocenters. The Morgan fingerprint density at radius 1 is 0.902 bits per heavy atom. The summed E-state index contributed by atoms with van der Waals surface area (Å²) >= 11 is 5.93. The highest BCUT2D eigenvalue weighted by molar-refractivity contribution is 7.92. The van der Waals surface area contributed by atoms with Crippen LogP contribution in [0.25, 0.3) is 0 Å². The third-order valence-electron chi connectivity index (χ3n) is 6.35. The van der Waals surface area contributed by atoms with Crippen molar-refractivity contribution in [3.63, 3.8) is 0 Å². The van der Waals surface area contributed by atoms with E-state index in [9.17, 15) is 22.0 Å². The van der Waals surface area contributed by atoms with Crippen LogP contribution in [0.4, 0.5) is 23.7 Å². The maximum atomic E-state index is 15.1. The Morgan fingerprint density at radius 2 is 1.54 bits per heavy atom. The molecular weight excluding hydrogens is 577 g/mol. The quantitative estimate of drug-likeness (QED) is 0.199. The Balaban J connectivity index is 1.70. The number of halogens is 4. The smallest absolute Gasteiger partial charge is 0.410 e. The Labute approximate surface area is 241 Å². The van der Waals surface area contributed by atoms with E-state index in [1.54, 1.807) is 0 Å². The number of carbonyl (C=O) groups is 1. The SMILES string of the molecule is C[C@H](c1ccc(F)cc1COC(=O)N(C)Cc1ccccc1)N(c1cc(F)ccc1F)S(=O)(=O)c1ccc(Cl)cc1. The molecule has 6 nitrogen and oxygen atoms in total. The number of carbonyl (C=O) groups excluding carboxylic acids is 1. The van der Waals surface area contributed by atoms with Crippen molar-refractivity contribution in [3.05, 3.63) is 130 Å². The fourth-order valence-electron chi connectivity index (χ4n) is 4.33. The summed E-state index contributed by atoms with van der Waals surface area (Å²) < 4.78 is 77.5. The van der Waals surface area contributed by atoms with Gasteiger partial charge in [0.05, 0.1) is 16.6 Å². The van der Waals surface area contributed by atoms with Gasteiger partial charge in [0.25, 0.3) is 10.0 Å². The second-order valence-corrected chi connectivity index (χ2v) is 11.5. The van der Waals surface area contributed by atoms with Crippen LogP contribution in [0.1, 0.15) is 29.7 Å². The number of nitrogens with zero attached hydrogens (tertiary/aromatic N) is 2. The molecule has 0 bridgehead atoms. The van der Waals surface area contributed by atoms with E-state index < -0.39 is 51.9 Å². The molecular formula is C30H26ClF3N2O4S. The number of ether oxygens (including phenoxy) is 1. The lowest BCUT2D eigenvalue weighted by molar-refractivity contribution is 0.102. The van der Waals surface area contributed by atoms with E-state index in [0.717, 1.165) is 40.2 Å². The number of anilines is 1. The van der Waals surface area contributed by atoms with Crippen LogP contribution in [0.5, 0.6) is 0 Å². The molecule has 214 valence electrons. The van der Waals surface area contributed by atoms with Crippen LogP contribution in [0.2, 0.25) is 5.02 Å². The predicted octanol–water partition coefficient (Wildman–Crippen LogP) is 7.48. The van der Waals surface area contributed by atoms with E-state index in [1.807, 2.05) is 30.3 Å². The van der Waals surface area contributed by atoms with Crippen LogP contribution in [0.3, 0.4) is 0 Å². The van der Waals surface area contributed by atoms with Crippen molar-refractivity contribution >= 4 is 33.4 Å². The van der Waals surface area contributed by atoms with Crippen LogP contribution >= 0.6 is 11.6 Å². The predicted molar refractivity (Wildman–Crippen MR) is 150 cm³/mol. The molecule has 0 saturated heterocycles. The molecule has 0 aliphatic heterocycles. The number of sulfonamides is 1. The summed E-state index contributed by atoms with van der Waals surface area (Å²) in [7, 11) is -2.97. The van der Waals surface area contributed by atoms with Crippen LogP contribution in [0, 0.1) is 17.5 Å². The van der Waals surface area contributed by atoms with Crippen molar-refractivity contribution in [3.8, 4) is 0 Å². The Hall–Kier alpha value is -4.02. The minimum atomic E-state index is -4.51. The molecule has 0 saturated carbocycles. The average molecular weight is 603 g/mol. The standard InChI is InChI=1S/C30H26ClF3N2O4S/c1-20(36(29-17-25(33)11-15-28(29)34)41(38,39)26-12-8-23(31)9-13-26)27-14-10-24(32)16-22(27)19-40-30(37)35(2)18-21-6-4-3-5-7-21/h3-17,20H,18-19H2,1-2H3/t20-/m1/s1. The number of amides is 1. The van der Waals surface area contributed by atoms with Gasteiger partial charge in [0.1, 0.15) is 24.1 Å². The van der Waals surface area contributed by atoms with E-state index in [-0.39, 0.29) is 27.6 Å². The average Bonchev–Trinajstić information content (AvgIpc) is 2.94. The summed E-state index contributed by atoms with van der Waals surface area (Å²) in [6, 6.07) is 19.2. The van der Waals surface area contributed by atoms with Crippen molar-refractivity contribution in [2.45, 2.75) is 31.0 Å². The first kappa shape index (κ1) is 30.0. The van der Waals surface area contributed by atoms with Gasteiger partial charge in [-0.2, -0.15) is 0 Å². The van der Waals surface area contributed by atoms with Gasteiger partial charge in [0.15, 0.2) is 0 Å². The van der Waals surface area contributed by atoms with Gasteiger partial charge in [-0.05, 0) is 72.1 Å². The molecule has 1 atom stereocenters. The highest BCUT2D eigenvalue weighted by Gasteiger charge is 2.34. The molecule has 4 aromatic carbocycles. The third-order valence-corrected chi connectivity index (χ3v) is 8.50. The van der Waals surface area contributed by atoms with Gasteiger partial charge in [-0.1, -0.05) is 48.0 Å². The largest absolute Gasteiger partial charge is 0.445 e. The highest BCUT2D eigenvalue weighted by atomic mass is 35.5. The molecule has 0 spiro atoms. The lowest BCUT2D eigenvalue weighted by Gasteiger charge is -2.32. The zero-order valence-corrected chi connectivity index (χ0v) is 23.7. The summed E-state index contributed by atoms with van der Waals surface area (Å²) in [5.41, 5.74) is 0.674. The molecule has 0 aliphatic rings. The van der Waals surface area contributed by atoms with Gasteiger partial charge < -0.3 is 9.64 Å². The third kappa shape index (κ3) is 7.01. The molecule has 4 rings (SSSR count). The zero-order chi connectivity index (χ0) is 29.7. The zero-order valence-electron chi connectivity index (χ0n) is 22.1. The molecule has 0 radical (unpaired) electrons. The molecule has 0 N–H and O–H groups in total. The van der Waals surface area contributed by atoms with E-state index in [1.165, 1.54) is 49.2 Å². The van der Waals surface area contributed by atoms with Crippen molar-refractivity contribution in [2.75, 3.05) is 11.4 Å². The van der Waals surface area contributed by atoms with Crippen molar-refractivity contribution < 1.29 is 31.1 Å². The molecule has 0 heterocycles. The summed E-state index contributed by atoms with van der Waals surface area (Å²) in [6.07, 6.45) is -0.696. The van der Waals surface area contributed by atoms with Gasteiger partial charge in [-0.3, -0.25) is 4.31 Å². The minimum Gasteiger partial charge on any atom is -0.445 e. The van der Waals surface area contributed by atoms with Gasteiger partial charge in [-0.15, -0.1) is 0 Å². The monoisotopic (exact) mass is 602 g/mol. The van der Waals surface area contributed by atoms with E-state index >= 15 is 4.39 Å². The minimum absolute atomic E-state index is 0.145. The maximum absolute atomic E-state index is 15.1. The second-order valence-electron chi connectivity index (χ2n) is 9.27. The van der Waals surface area contributed by atoms with Gasteiger partial charge >= 0.3 is 6.09 Å². The fraction of sp³-hybridized carbons (Fsp3) is 0.167. The lowest BCUT2D eigenvalue weighted by atomic mass is 10.0. The van der Waals surface area contributed by atoms with E-state index in [4.69, 9.17) is 16.3 Å². The van der Waals surface area contributed by atoms with Gasteiger partial charge in [0, 0.05) is 24.7 Å². The summed E-state index contributed by atoms with van der Waals surface area (Å²) in [6.45, 7) is 1.30. The van der Waals surface area contributed by atoms with Gasteiger partial charge in [0.2, 0.25) is 0 Å². The van der Waals surface area contributed by atoms with Crippen LogP contribution in [-0.4, -0.2) is 26.5 Å². The highest BCUT2D eigenvalue weighted by Crippen LogP contribution is 2.37. The fourth-order valence-corrected chi connectivity index (χ4v) is 6.09. The second kappa shape index (κ2) is 12.7. The van der Waals surface area contributed by atoms with Crippen LogP contribution < -0.4 is 4.31 Å². The van der Waals surface area contributed by atoms with Crippen LogP contribution in [-0.2, 0) is 27.9 Å². The first-order chi connectivity index (χ1) is 19.5. The molecule has 0 aliphatic carbocycles. The van der Waals surface area contributed by atoms with Crippen molar-refractivity contribution in [2.24, 2.45) is 0 Å². The lowest BCUT2D eigenvalue weighted by Crippen LogP contribution is -2.35. The normalized spacial score (nSPS) is 12.0. The molecule has 0 aromatic heterocycles. The molecule has 0 fully saturated rings. The van der Waals surface area contributed by atoms with Crippen LogP contribution in [0.15, 0.2) is 95.9 Å². The topological polar surface area (TPSA) is 66.9 Å². The number of rotatable bonds is 9. The maximum Gasteiger partial charge on any atom is 0.410 e. The van der Waals surface area contributed by atoms with Gasteiger partial charge in [-0.25, -0.2) is 26.4 Å². The van der Waals surface area contributed by atoms with Crippen molar-refractivity contribution in [1.82, 2.24) is 4.90 Å². The Kier molecular flexibility index (Phi) is 9.25. The molecule has 41 heavy (non-hydrogen) atoms. The molecule has 4 aromatic rings. The first-order valence-electron chi connectivity index (χ1n) is 12.4. The molecule has 1 amide bonds. The summed E-state index contributed by atoms with van der Waals surface area (Å²) in [5, 5.41) is 0.278. The Bertz CT molecular complexity index is 1640.